The van der Waals surface area contributed by atoms with Crippen LogP contribution in [0.1, 0.15) is 38.5 Å². The van der Waals surface area contributed by atoms with Gasteiger partial charge in [0, 0.05) is 12.8 Å². The molecule has 0 amide bonds. The third-order valence-electron chi connectivity index (χ3n) is 2.99. The second kappa shape index (κ2) is 3.81. The molecule has 0 bridgehead atoms. The quantitative estimate of drug-likeness (QED) is 0.580. The molecule has 0 aromatic carbocycles. The Morgan fingerprint density at radius 2 is 2.08 bits per heavy atom. The molecule has 0 aromatic rings. The van der Waals surface area contributed by atoms with Crippen LogP contribution in [0.5, 0.6) is 0 Å². The van der Waals surface area contributed by atoms with Gasteiger partial charge >= 0.3 is 0 Å². The van der Waals surface area contributed by atoms with Crippen LogP contribution in [0.2, 0.25) is 0 Å². The zero-order valence-corrected chi connectivity index (χ0v) is 8.13. The van der Waals surface area contributed by atoms with E-state index in [1.54, 1.807) is 0 Å². The maximum absolute atomic E-state index is 5.92. The molecule has 1 spiro atoms. The lowest BCUT2D eigenvalue weighted by atomic mass is 9.95. The summed E-state index contributed by atoms with van der Waals surface area (Å²) in [7, 11) is 0. The normalized spacial score (nSPS) is 40.5. The van der Waals surface area contributed by atoms with Gasteiger partial charge < -0.3 is 9.47 Å². The average Bonchev–Trinajstić information content (AvgIpc) is 2.19. The largest absolute Gasteiger partial charge is 0.350 e. The molecule has 0 radical (unpaired) electrons. The molecule has 2 aliphatic rings. The third kappa shape index (κ3) is 1.94. The van der Waals surface area contributed by atoms with Crippen molar-refractivity contribution in [2.75, 3.05) is 6.61 Å². The van der Waals surface area contributed by atoms with E-state index < -0.39 is 0 Å². The minimum absolute atomic E-state index is 0.215. The molecule has 0 N–H and O–H groups in total. The molecule has 2 aliphatic heterocycles. The molecule has 2 heteroatoms. The first-order chi connectivity index (χ1) is 6.35. The van der Waals surface area contributed by atoms with E-state index >= 15 is 0 Å². The van der Waals surface area contributed by atoms with Crippen molar-refractivity contribution in [2.45, 2.75) is 50.4 Å². The molecule has 0 aliphatic carbocycles. The highest BCUT2D eigenvalue weighted by molar-refractivity contribution is 4.88. The fourth-order valence-electron chi connectivity index (χ4n) is 2.25. The fraction of sp³-hybridized carbons (Fsp3) is 0.818. The molecule has 2 rings (SSSR count). The highest BCUT2D eigenvalue weighted by atomic mass is 16.7. The topological polar surface area (TPSA) is 18.5 Å². The van der Waals surface area contributed by atoms with Gasteiger partial charge in [-0.1, -0.05) is 6.08 Å². The van der Waals surface area contributed by atoms with Crippen molar-refractivity contribution in [3.8, 4) is 0 Å². The van der Waals surface area contributed by atoms with E-state index in [-0.39, 0.29) is 11.9 Å². The molecular formula is C11H18O2. The minimum Gasteiger partial charge on any atom is -0.350 e. The first-order valence-corrected chi connectivity index (χ1v) is 5.29. The second-order valence-electron chi connectivity index (χ2n) is 4.00. The van der Waals surface area contributed by atoms with Crippen LogP contribution in [0.4, 0.5) is 0 Å². The van der Waals surface area contributed by atoms with Crippen molar-refractivity contribution in [2.24, 2.45) is 0 Å². The van der Waals surface area contributed by atoms with Crippen LogP contribution in [0.25, 0.3) is 0 Å². The van der Waals surface area contributed by atoms with Gasteiger partial charge in [-0.2, -0.15) is 0 Å². The van der Waals surface area contributed by atoms with E-state index in [9.17, 15) is 0 Å². The van der Waals surface area contributed by atoms with Crippen LogP contribution in [0.15, 0.2) is 12.7 Å². The average molecular weight is 182 g/mol. The van der Waals surface area contributed by atoms with Crippen LogP contribution in [0, 0.1) is 0 Å². The Morgan fingerprint density at radius 1 is 1.23 bits per heavy atom. The molecule has 74 valence electrons. The number of hydrogen-bond donors (Lipinski definition) is 0. The smallest absolute Gasteiger partial charge is 0.169 e. The molecule has 2 atom stereocenters. The molecule has 0 saturated carbocycles. The molecule has 0 aromatic heterocycles. The molecule has 2 saturated heterocycles. The predicted molar refractivity (Wildman–Crippen MR) is 51.5 cm³/mol. The first-order valence-electron chi connectivity index (χ1n) is 5.29. The van der Waals surface area contributed by atoms with Crippen molar-refractivity contribution < 1.29 is 9.47 Å². The summed E-state index contributed by atoms with van der Waals surface area (Å²) in [6, 6.07) is 0. The Bertz CT molecular complexity index is 177. The highest BCUT2D eigenvalue weighted by Crippen LogP contribution is 2.36. The SMILES string of the molecule is C=C[C@H]1CCC[C@@]2(CCCCO2)O1. The van der Waals surface area contributed by atoms with Crippen LogP contribution in [-0.2, 0) is 9.47 Å². The van der Waals surface area contributed by atoms with Gasteiger partial charge in [0.1, 0.15) is 0 Å². The Kier molecular flexibility index (Phi) is 2.70. The molecule has 0 unspecified atom stereocenters. The van der Waals surface area contributed by atoms with Gasteiger partial charge in [-0.3, -0.25) is 0 Å². The Morgan fingerprint density at radius 3 is 2.77 bits per heavy atom. The van der Waals surface area contributed by atoms with Crippen molar-refractivity contribution in [3.05, 3.63) is 12.7 Å². The first kappa shape index (κ1) is 9.22. The zero-order valence-electron chi connectivity index (χ0n) is 8.13. The zero-order chi connectivity index (χ0) is 9.15. The Balaban J connectivity index is 1.99. The van der Waals surface area contributed by atoms with Crippen LogP contribution < -0.4 is 0 Å². The number of rotatable bonds is 1. The Hall–Kier alpha value is -0.340. The van der Waals surface area contributed by atoms with Gasteiger partial charge in [-0.05, 0) is 25.7 Å². The second-order valence-corrected chi connectivity index (χ2v) is 4.00. The lowest BCUT2D eigenvalue weighted by molar-refractivity contribution is -0.286. The molecule has 2 heterocycles. The van der Waals surface area contributed by atoms with E-state index in [0.29, 0.717) is 0 Å². The molecule has 2 nitrogen and oxygen atoms in total. The van der Waals surface area contributed by atoms with Gasteiger partial charge in [0.05, 0.1) is 12.7 Å². The van der Waals surface area contributed by atoms with E-state index in [4.69, 9.17) is 9.47 Å². The van der Waals surface area contributed by atoms with Crippen molar-refractivity contribution >= 4 is 0 Å². The van der Waals surface area contributed by atoms with Gasteiger partial charge in [0.15, 0.2) is 5.79 Å². The number of hydrogen-bond acceptors (Lipinski definition) is 2. The number of ether oxygens (including phenoxy) is 2. The maximum atomic E-state index is 5.92. The summed E-state index contributed by atoms with van der Waals surface area (Å²) in [5, 5.41) is 0. The lowest BCUT2D eigenvalue weighted by Crippen LogP contribution is -2.44. The minimum atomic E-state index is -0.241. The summed E-state index contributed by atoms with van der Waals surface area (Å²) in [6.45, 7) is 4.65. The van der Waals surface area contributed by atoms with Gasteiger partial charge in [0.2, 0.25) is 0 Å². The van der Waals surface area contributed by atoms with Crippen molar-refractivity contribution in [1.29, 1.82) is 0 Å². The molecule has 2 fully saturated rings. The van der Waals surface area contributed by atoms with E-state index in [1.807, 2.05) is 6.08 Å². The Labute approximate surface area is 79.9 Å². The van der Waals surface area contributed by atoms with E-state index in [1.165, 1.54) is 19.3 Å². The van der Waals surface area contributed by atoms with Crippen LogP contribution in [0.3, 0.4) is 0 Å². The van der Waals surface area contributed by atoms with Crippen molar-refractivity contribution in [1.82, 2.24) is 0 Å². The molecule has 13 heavy (non-hydrogen) atoms. The van der Waals surface area contributed by atoms with Gasteiger partial charge in [-0.25, -0.2) is 0 Å². The molecular weight excluding hydrogens is 164 g/mol. The van der Waals surface area contributed by atoms with E-state index in [2.05, 4.69) is 6.58 Å². The van der Waals surface area contributed by atoms with E-state index in [0.717, 1.165) is 25.9 Å². The summed E-state index contributed by atoms with van der Waals surface area (Å²) in [5.41, 5.74) is 0. The van der Waals surface area contributed by atoms with Gasteiger partial charge in [0.25, 0.3) is 0 Å². The maximum Gasteiger partial charge on any atom is 0.169 e. The fourth-order valence-corrected chi connectivity index (χ4v) is 2.25. The summed E-state index contributed by atoms with van der Waals surface area (Å²) >= 11 is 0. The summed E-state index contributed by atoms with van der Waals surface area (Å²) < 4.78 is 11.7. The monoisotopic (exact) mass is 182 g/mol. The summed E-state index contributed by atoms with van der Waals surface area (Å²) in [4.78, 5) is 0. The highest BCUT2D eigenvalue weighted by Gasteiger charge is 2.38. The summed E-state index contributed by atoms with van der Waals surface area (Å²) in [5.74, 6) is -0.241. The summed E-state index contributed by atoms with van der Waals surface area (Å²) in [6.07, 6.45) is 8.99. The lowest BCUT2D eigenvalue weighted by Gasteiger charge is -2.42. The van der Waals surface area contributed by atoms with Crippen molar-refractivity contribution in [3.63, 3.8) is 0 Å². The van der Waals surface area contributed by atoms with Crippen LogP contribution in [-0.4, -0.2) is 18.5 Å². The third-order valence-corrected chi connectivity index (χ3v) is 2.99. The standard InChI is InChI=1S/C11H18O2/c1-2-10-6-5-8-11(13-10)7-3-4-9-12-11/h2,10H,1,3-9H2/t10-,11+/m0/s1. The van der Waals surface area contributed by atoms with Crippen LogP contribution >= 0.6 is 0 Å². The predicted octanol–water partition coefficient (Wildman–Crippen LogP) is 2.64. The van der Waals surface area contributed by atoms with Gasteiger partial charge in [-0.15, -0.1) is 6.58 Å².